The molecule has 39 heavy (non-hydrogen) atoms. The molecule has 0 aliphatic heterocycles. The minimum absolute atomic E-state index is 0.402. The van der Waals surface area contributed by atoms with Crippen LogP contribution in [0.1, 0.15) is 54.2 Å². The molecule has 2 aromatic heterocycles. The number of H-pyrrole nitrogens is 1. The second kappa shape index (κ2) is 13.1. The van der Waals surface area contributed by atoms with Crippen LogP contribution in [-0.4, -0.2) is 35.4 Å². The van der Waals surface area contributed by atoms with Crippen molar-refractivity contribution in [1.29, 1.82) is 0 Å². The molecule has 0 amide bonds. The summed E-state index contributed by atoms with van der Waals surface area (Å²) in [5.41, 5.74) is 3.06. The largest absolute Gasteiger partial charge is 0.477 e. The Morgan fingerprint density at radius 2 is 1.69 bits per heavy atom. The Bertz CT molecular complexity index is 1480. The van der Waals surface area contributed by atoms with Crippen LogP contribution < -0.4 is 4.74 Å². The van der Waals surface area contributed by atoms with E-state index in [4.69, 9.17) is 27.9 Å². The number of aromatic amines is 1. The number of nitrogens with zero attached hydrogens (tertiary/aromatic N) is 6. The SMILES string of the molecule is CCCCc1nnc(SCc2ccc(Cl)cc2)n1Cc1ccc(OC(c2nn[nH]n2)c2ccccc2Cl)cc1. The van der Waals surface area contributed by atoms with Gasteiger partial charge in [0.2, 0.25) is 5.82 Å². The molecule has 0 saturated carbocycles. The van der Waals surface area contributed by atoms with Crippen LogP contribution in [0.4, 0.5) is 0 Å². The summed E-state index contributed by atoms with van der Waals surface area (Å²) < 4.78 is 8.50. The number of benzene rings is 3. The van der Waals surface area contributed by atoms with Gasteiger partial charge in [-0.15, -0.1) is 20.4 Å². The maximum atomic E-state index is 6.46. The minimum Gasteiger partial charge on any atom is -0.477 e. The van der Waals surface area contributed by atoms with Crippen molar-refractivity contribution in [2.24, 2.45) is 0 Å². The van der Waals surface area contributed by atoms with Gasteiger partial charge in [-0.1, -0.05) is 96.0 Å². The lowest BCUT2D eigenvalue weighted by Crippen LogP contribution is -2.12. The van der Waals surface area contributed by atoms with Gasteiger partial charge in [-0.05, 0) is 47.9 Å². The first-order valence-corrected chi connectivity index (χ1v) is 14.4. The quantitative estimate of drug-likeness (QED) is 0.160. The normalized spacial score (nSPS) is 12.0. The van der Waals surface area contributed by atoms with Crippen molar-refractivity contribution in [1.82, 2.24) is 35.4 Å². The van der Waals surface area contributed by atoms with Crippen molar-refractivity contribution in [2.75, 3.05) is 0 Å². The zero-order chi connectivity index (χ0) is 27.0. The molecule has 0 saturated heterocycles. The molecule has 1 unspecified atom stereocenters. The molecule has 8 nitrogen and oxygen atoms in total. The van der Waals surface area contributed by atoms with E-state index in [0.717, 1.165) is 52.1 Å². The van der Waals surface area contributed by atoms with Crippen LogP contribution in [0.5, 0.6) is 5.75 Å². The van der Waals surface area contributed by atoms with Crippen molar-refractivity contribution >= 4 is 35.0 Å². The minimum atomic E-state index is -0.599. The number of nitrogens with one attached hydrogen (secondary N) is 1. The third-order valence-electron chi connectivity index (χ3n) is 6.13. The molecule has 0 radical (unpaired) electrons. The molecule has 200 valence electrons. The fraction of sp³-hybridized carbons (Fsp3) is 0.250. The Balaban J connectivity index is 1.33. The number of unbranched alkanes of at least 4 members (excludes halogenated alkanes) is 1. The highest BCUT2D eigenvalue weighted by Gasteiger charge is 2.23. The average molecular weight is 581 g/mol. The van der Waals surface area contributed by atoms with Gasteiger partial charge in [-0.2, -0.15) is 5.21 Å². The number of aryl methyl sites for hydroxylation is 1. The summed E-state index contributed by atoms with van der Waals surface area (Å²) in [6, 6.07) is 23.4. The Morgan fingerprint density at radius 3 is 2.41 bits per heavy atom. The molecule has 0 aliphatic carbocycles. The van der Waals surface area contributed by atoms with Crippen LogP contribution in [0.15, 0.2) is 78.0 Å². The summed E-state index contributed by atoms with van der Waals surface area (Å²) >= 11 is 14.2. The van der Waals surface area contributed by atoms with Gasteiger partial charge < -0.3 is 9.30 Å². The Hall–Kier alpha value is -3.40. The number of rotatable bonds is 12. The predicted molar refractivity (Wildman–Crippen MR) is 153 cm³/mol. The highest BCUT2D eigenvalue weighted by atomic mass is 35.5. The molecule has 5 rings (SSSR count). The number of tetrazole rings is 1. The van der Waals surface area contributed by atoms with Gasteiger partial charge in [-0.3, -0.25) is 0 Å². The monoisotopic (exact) mass is 579 g/mol. The van der Waals surface area contributed by atoms with Gasteiger partial charge in [-0.25, -0.2) is 0 Å². The van der Waals surface area contributed by atoms with Crippen molar-refractivity contribution in [3.05, 3.63) is 111 Å². The first-order chi connectivity index (χ1) is 19.1. The number of thioether (sulfide) groups is 1. The van der Waals surface area contributed by atoms with E-state index in [0.29, 0.717) is 23.1 Å². The van der Waals surface area contributed by atoms with Crippen molar-refractivity contribution in [3.8, 4) is 5.75 Å². The molecule has 1 atom stereocenters. The summed E-state index contributed by atoms with van der Waals surface area (Å²) in [6.07, 6.45) is 2.44. The van der Waals surface area contributed by atoms with Gasteiger partial charge in [0.1, 0.15) is 11.6 Å². The average Bonchev–Trinajstić information content (AvgIpc) is 3.62. The predicted octanol–water partition coefficient (Wildman–Crippen LogP) is 6.95. The van der Waals surface area contributed by atoms with Gasteiger partial charge in [0.05, 0.1) is 6.54 Å². The first kappa shape index (κ1) is 27.2. The van der Waals surface area contributed by atoms with E-state index >= 15 is 0 Å². The first-order valence-electron chi connectivity index (χ1n) is 12.6. The van der Waals surface area contributed by atoms with Crippen LogP contribution in [0.25, 0.3) is 0 Å². The van der Waals surface area contributed by atoms with Crippen LogP contribution in [0, 0.1) is 0 Å². The standard InChI is InChI=1S/C28H27Cl2N7OS/c1-2-3-8-25-31-34-28(39-18-20-9-13-21(29)14-10-20)37(25)17-19-11-15-22(16-12-19)38-26(27-32-35-36-33-27)23-6-4-5-7-24(23)30/h4-7,9-16,26H,2-3,8,17-18H2,1H3,(H,32,33,35,36). The van der Waals surface area contributed by atoms with E-state index in [1.54, 1.807) is 11.8 Å². The topological polar surface area (TPSA) is 94.4 Å². The van der Waals surface area contributed by atoms with Crippen LogP contribution in [0.3, 0.4) is 0 Å². The van der Waals surface area contributed by atoms with Gasteiger partial charge in [0.15, 0.2) is 11.3 Å². The molecule has 2 heterocycles. The van der Waals surface area contributed by atoms with Crippen LogP contribution >= 0.6 is 35.0 Å². The van der Waals surface area contributed by atoms with E-state index < -0.39 is 6.10 Å². The Morgan fingerprint density at radius 1 is 0.923 bits per heavy atom. The Kier molecular flexibility index (Phi) is 9.13. The summed E-state index contributed by atoms with van der Waals surface area (Å²) in [5.74, 6) is 2.85. The Labute approximate surface area is 241 Å². The molecule has 0 spiro atoms. The maximum absolute atomic E-state index is 6.46. The highest BCUT2D eigenvalue weighted by molar-refractivity contribution is 7.98. The van der Waals surface area contributed by atoms with Gasteiger partial charge in [0.25, 0.3) is 0 Å². The molecule has 0 aliphatic rings. The van der Waals surface area contributed by atoms with Crippen molar-refractivity contribution in [2.45, 2.75) is 49.7 Å². The number of aromatic nitrogens is 7. The molecule has 3 aromatic carbocycles. The second-order valence-electron chi connectivity index (χ2n) is 8.94. The zero-order valence-electron chi connectivity index (χ0n) is 21.3. The number of halogens is 2. The maximum Gasteiger partial charge on any atom is 0.219 e. The number of hydrogen-bond acceptors (Lipinski definition) is 7. The lowest BCUT2D eigenvalue weighted by Gasteiger charge is -2.18. The lowest BCUT2D eigenvalue weighted by molar-refractivity contribution is 0.237. The van der Waals surface area contributed by atoms with E-state index in [2.05, 4.69) is 42.3 Å². The van der Waals surface area contributed by atoms with Crippen molar-refractivity contribution < 1.29 is 4.74 Å². The molecule has 0 fully saturated rings. The summed E-state index contributed by atoms with van der Waals surface area (Å²) in [7, 11) is 0. The number of ether oxygens (including phenoxy) is 1. The third-order valence-corrected chi connectivity index (χ3v) is 7.76. The van der Waals surface area contributed by atoms with E-state index in [-0.39, 0.29) is 0 Å². The fourth-order valence-corrected chi connectivity index (χ4v) is 5.32. The molecule has 1 N–H and O–H groups in total. The lowest BCUT2D eigenvalue weighted by atomic mass is 10.1. The smallest absolute Gasteiger partial charge is 0.219 e. The second-order valence-corrected chi connectivity index (χ2v) is 10.7. The molecule has 11 heteroatoms. The fourth-order valence-electron chi connectivity index (χ4n) is 4.05. The molecular weight excluding hydrogens is 553 g/mol. The molecular formula is C28H27Cl2N7OS. The number of hydrogen-bond donors (Lipinski definition) is 1. The van der Waals surface area contributed by atoms with Crippen LogP contribution in [0.2, 0.25) is 10.0 Å². The third kappa shape index (κ3) is 6.98. The molecule has 0 bridgehead atoms. The summed E-state index contributed by atoms with van der Waals surface area (Å²) in [4.78, 5) is 0. The van der Waals surface area contributed by atoms with E-state index in [9.17, 15) is 0 Å². The summed E-state index contributed by atoms with van der Waals surface area (Å²) in [5, 5.41) is 25.7. The van der Waals surface area contributed by atoms with E-state index in [1.165, 1.54) is 5.56 Å². The summed E-state index contributed by atoms with van der Waals surface area (Å²) in [6.45, 7) is 2.84. The van der Waals surface area contributed by atoms with E-state index in [1.807, 2.05) is 72.8 Å². The zero-order valence-corrected chi connectivity index (χ0v) is 23.6. The van der Waals surface area contributed by atoms with Gasteiger partial charge >= 0.3 is 0 Å². The molecule has 5 aromatic rings. The van der Waals surface area contributed by atoms with Crippen molar-refractivity contribution in [3.63, 3.8) is 0 Å². The highest BCUT2D eigenvalue weighted by Crippen LogP contribution is 2.31. The van der Waals surface area contributed by atoms with Crippen LogP contribution in [-0.2, 0) is 18.7 Å². The van der Waals surface area contributed by atoms with Gasteiger partial charge in [0, 0.05) is 27.8 Å².